The molecule has 2 aliphatic rings. The molecular weight excluding hydrogens is 441 g/mol. The molecule has 0 aliphatic carbocycles. The van der Waals surface area contributed by atoms with E-state index in [1.807, 2.05) is 0 Å². The Hall–Kier alpha value is -0.830. The third-order valence-corrected chi connectivity index (χ3v) is 4.60. The molecule has 1 unspecified atom stereocenters. The van der Waals surface area contributed by atoms with Crippen LogP contribution in [0.5, 0.6) is 5.75 Å². The van der Waals surface area contributed by atoms with Crippen LogP contribution in [0.2, 0.25) is 5.02 Å². The molecule has 4 nitrogen and oxygen atoms in total. The van der Waals surface area contributed by atoms with Crippen LogP contribution in [-0.2, 0) is 4.79 Å². The maximum Gasteiger partial charge on any atom is 1.00 e. The van der Waals surface area contributed by atoms with Gasteiger partial charge in [0.1, 0.15) is 10.9 Å². The number of carboxylic acid groups (broad SMARTS) is 1. The van der Waals surface area contributed by atoms with Gasteiger partial charge in [-0.3, -0.25) is 0 Å². The average molecular weight is 451 g/mol. The quantitative estimate of drug-likeness (QED) is 0.555. The fraction of sp³-hybridized carbons (Fsp3) is 0.188. The van der Waals surface area contributed by atoms with Gasteiger partial charge in [-0.25, -0.2) is 4.79 Å². The number of halogens is 6. The topological polar surface area (TPSA) is 49.8 Å². The molecule has 3 rings (SSSR count). The molecule has 2 heterocycles. The molecule has 0 saturated heterocycles. The molecule has 2 aliphatic heterocycles. The summed E-state index contributed by atoms with van der Waals surface area (Å²) in [7, 11) is 0. The summed E-state index contributed by atoms with van der Waals surface area (Å²) in [5.41, 5.74) is -0.517. The number of benzene rings is 1. The van der Waals surface area contributed by atoms with Gasteiger partial charge in [-0.15, -0.1) is 0 Å². The predicted molar refractivity (Wildman–Crippen MR) is 93.9 cm³/mol. The van der Waals surface area contributed by atoms with E-state index in [9.17, 15) is 18.0 Å². The van der Waals surface area contributed by atoms with Crippen molar-refractivity contribution in [3.05, 3.63) is 50.6 Å². The average Bonchev–Trinajstić information content (AvgIpc) is 2.54. The second-order valence-corrected chi connectivity index (χ2v) is 6.75. The summed E-state index contributed by atoms with van der Waals surface area (Å²) in [4.78, 5) is 12.7. The number of alkyl halides is 3. The molecule has 0 fully saturated rings. The molecule has 0 saturated carbocycles. The van der Waals surface area contributed by atoms with Crippen LogP contribution in [0.1, 0.15) is 6.99 Å². The van der Waals surface area contributed by atoms with Gasteiger partial charge in [-0.05, 0) is 24.3 Å². The number of fused-ring (bicyclic) bond motifs is 1. The summed E-state index contributed by atoms with van der Waals surface area (Å²) >= 11 is 18.3. The number of anilines is 1. The fourth-order valence-electron chi connectivity index (χ4n) is 2.56. The zero-order chi connectivity index (χ0) is 19.2. The number of nitrogens with zero attached hydrogens (tertiary/aromatic N) is 1. The minimum absolute atomic E-state index is 0. The van der Waals surface area contributed by atoms with Crippen LogP contribution in [-0.4, -0.2) is 29.9 Å². The van der Waals surface area contributed by atoms with E-state index in [2.05, 4.69) is 0 Å². The van der Waals surface area contributed by atoms with Gasteiger partial charge < -0.3 is 16.2 Å². The summed E-state index contributed by atoms with van der Waals surface area (Å²) in [6, 6.07) is 2.59. The molecule has 0 bridgehead atoms. The van der Waals surface area contributed by atoms with Crippen molar-refractivity contribution < 1.29 is 58.8 Å². The molecular formula is C16H10Cl3F3NNaO3. The van der Waals surface area contributed by atoms with E-state index in [1.165, 1.54) is 23.1 Å². The monoisotopic (exact) mass is 449 g/mol. The number of hydrogen-bond acceptors (Lipinski definition) is 3. The van der Waals surface area contributed by atoms with Crippen molar-refractivity contribution in [2.45, 2.75) is 12.3 Å². The molecule has 0 radical (unpaired) electrons. The van der Waals surface area contributed by atoms with Gasteiger partial charge in [0, 0.05) is 16.7 Å². The van der Waals surface area contributed by atoms with E-state index >= 15 is 0 Å². The molecule has 11 heteroatoms. The maximum atomic E-state index is 13.2. The molecule has 0 spiro atoms. The molecule has 1 atom stereocenters. The van der Waals surface area contributed by atoms with Crippen LogP contribution in [0.4, 0.5) is 18.9 Å². The predicted octanol–water partition coefficient (Wildman–Crippen LogP) is 2.27. The number of hydrogen-bond donors (Lipinski definition) is 1. The maximum absolute atomic E-state index is 13.2. The number of aliphatic carboxylic acids is 1. The first kappa shape index (κ1) is 22.5. The Morgan fingerprint density at radius 3 is 2.52 bits per heavy atom. The van der Waals surface area contributed by atoms with Crippen molar-refractivity contribution in [1.82, 2.24) is 0 Å². The van der Waals surface area contributed by atoms with Gasteiger partial charge in [0.2, 0.25) is 6.10 Å². The Bertz CT molecular complexity index is 890. The number of ether oxygens (including phenoxy) is 1. The number of carbonyl (C=O) groups is 1. The molecule has 1 aromatic carbocycles. The largest absolute Gasteiger partial charge is 1.00 e. The van der Waals surface area contributed by atoms with Gasteiger partial charge in [-0.2, -0.15) is 13.2 Å². The van der Waals surface area contributed by atoms with E-state index in [0.717, 1.165) is 6.08 Å². The molecule has 0 aromatic heterocycles. The normalized spacial score (nSPS) is 19.1. The molecule has 1 aromatic rings. The van der Waals surface area contributed by atoms with E-state index in [1.54, 1.807) is 6.08 Å². The Labute approximate surface area is 190 Å². The Balaban J connectivity index is 0.00000196. The van der Waals surface area contributed by atoms with Gasteiger partial charge in [0.25, 0.3) is 0 Å². The van der Waals surface area contributed by atoms with Crippen LogP contribution in [0.15, 0.2) is 40.0 Å². The molecule has 0 amide bonds. The number of carboxylic acids is 1. The third kappa shape index (κ3) is 4.60. The summed E-state index contributed by atoms with van der Waals surface area (Å²) in [5.74, 6) is -1.89. The number of allylic oxidation sites excluding steroid dienone is 2. The van der Waals surface area contributed by atoms with Gasteiger partial charge in [0.15, 0.2) is 0 Å². The van der Waals surface area contributed by atoms with Gasteiger partial charge in [-0.1, -0.05) is 34.8 Å². The van der Waals surface area contributed by atoms with Crippen molar-refractivity contribution in [2.24, 2.45) is 0 Å². The SMILES string of the molecule is O=C(O)C1=Cc2cc(Cl)c(N3CC(Cl)=CC=C3Cl)cc2OC1C(F)(F)F.[H-].[Na+]. The second kappa shape index (κ2) is 8.27. The van der Waals surface area contributed by atoms with Gasteiger partial charge >= 0.3 is 41.7 Å². The first-order valence-electron chi connectivity index (χ1n) is 7.09. The van der Waals surface area contributed by atoms with Crippen LogP contribution in [0, 0.1) is 0 Å². The second-order valence-electron chi connectivity index (χ2n) is 5.47. The van der Waals surface area contributed by atoms with Crippen molar-refractivity contribution in [3.63, 3.8) is 0 Å². The van der Waals surface area contributed by atoms with Crippen molar-refractivity contribution in [1.29, 1.82) is 0 Å². The fourth-order valence-corrected chi connectivity index (χ4v) is 3.23. The Kier molecular flexibility index (Phi) is 6.88. The van der Waals surface area contributed by atoms with Crippen molar-refractivity contribution in [3.8, 4) is 5.75 Å². The van der Waals surface area contributed by atoms with E-state index < -0.39 is 23.8 Å². The third-order valence-electron chi connectivity index (χ3n) is 3.72. The number of rotatable bonds is 2. The van der Waals surface area contributed by atoms with E-state index in [0.29, 0.717) is 5.03 Å². The Morgan fingerprint density at radius 1 is 1.26 bits per heavy atom. The zero-order valence-electron chi connectivity index (χ0n) is 14.6. The van der Waals surface area contributed by atoms with Gasteiger partial charge in [0.05, 0.1) is 22.8 Å². The first-order chi connectivity index (χ1) is 12.1. The zero-order valence-corrected chi connectivity index (χ0v) is 17.9. The minimum Gasteiger partial charge on any atom is -1.00 e. The smallest absolute Gasteiger partial charge is 1.00 e. The molecule has 27 heavy (non-hydrogen) atoms. The first-order valence-corrected chi connectivity index (χ1v) is 8.22. The summed E-state index contributed by atoms with van der Waals surface area (Å²) in [6.45, 7) is 0.175. The minimum atomic E-state index is -4.89. The Morgan fingerprint density at radius 2 is 1.93 bits per heavy atom. The van der Waals surface area contributed by atoms with Crippen molar-refractivity contribution >= 4 is 52.5 Å². The summed E-state index contributed by atoms with van der Waals surface area (Å²) in [5, 5.41) is 9.92. The van der Waals surface area contributed by atoms with Crippen molar-refractivity contribution in [2.75, 3.05) is 11.4 Å². The van der Waals surface area contributed by atoms with E-state index in [-0.39, 0.29) is 64.7 Å². The van der Waals surface area contributed by atoms with Crippen LogP contribution < -0.4 is 39.2 Å². The molecule has 1 N–H and O–H groups in total. The van der Waals surface area contributed by atoms with Crippen LogP contribution in [0.25, 0.3) is 6.08 Å². The summed E-state index contributed by atoms with van der Waals surface area (Å²) in [6.07, 6.45) is -3.47. The standard InChI is InChI=1S/C16H9Cl3F3NO3.Na.H/c17-8-1-2-13(19)23(6-8)11-5-12-7(4-10(11)18)3-9(15(24)25)14(26-12)16(20,21)22;;/h1-5,14H,6H2,(H,24,25);;/q;+1;-1. The van der Waals surface area contributed by atoms with Crippen LogP contribution in [0.3, 0.4) is 0 Å². The summed E-state index contributed by atoms with van der Waals surface area (Å²) < 4.78 is 44.5. The van der Waals surface area contributed by atoms with Crippen LogP contribution >= 0.6 is 34.8 Å². The molecule has 140 valence electrons. The van der Waals surface area contributed by atoms with E-state index in [4.69, 9.17) is 44.6 Å².